The van der Waals surface area contributed by atoms with Gasteiger partial charge < -0.3 is 14.6 Å². The minimum atomic E-state index is -3.48. The molecule has 1 aromatic carbocycles. The van der Waals surface area contributed by atoms with Crippen LogP contribution in [0.4, 0.5) is 0 Å². The third kappa shape index (κ3) is 3.12. The molecule has 2 rings (SSSR count). The number of fused-ring (bicyclic) bond motifs is 1. The van der Waals surface area contributed by atoms with Crippen LogP contribution in [0.5, 0.6) is 11.5 Å². The van der Waals surface area contributed by atoms with Gasteiger partial charge in [-0.25, -0.2) is 8.42 Å². The zero-order valence-electron chi connectivity index (χ0n) is 12.2. The van der Waals surface area contributed by atoms with Crippen molar-refractivity contribution in [2.45, 2.75) is 31.1 Å². The molecule has 0 aliphatic carbocycles. The highest BCUT2D eigenvalue weighted by molar-refractivity contribution is 7.92. The zero-order chi connectivity index (χ0) is 15.8. The van der Waals surface area contributed by atoms with Crippen LogP contribution in [0.2, 0.25) is 5.02 Å². The molecule has 0 bridgehead atoms. The maximum Gasteiger partial charge on any atom is 0.162 e. The number of aliphatic hydroxyl groups excluding tert-OH is 1. The standard InChI is InChI=1S/C14H19ClO5S/c1-14(2,21(3,17)18)13(16)9-7-11-12(8-10(9)15)20-6-4-5-19-11/h7-8,13,16H,4-6H2,1-3H3. The molecule has 118 valence electrons. The van der Waals surface area contributed by atoms with Gasteiger partial charge in [0, 0.05) is 24.3 Å². The highest BCUT2D eigenvalue weighted by Crippen LogP contribution is 2.41. The van der Waals surface area contributed by atoms with Crippen LogP contribution >= 0.6 is 11.6 Å². The number of hydrogen-bond acceptors (Lipinski definition) is 5. The zero-order valence-corrected chi connectivity index (χ0v) is 13.8. The van der Waals surface area contributed by atoms with Crippen LogP contribution in [0.15, 0.2) is 12.1 Å². The topological polar surface area (TPSA) is 72.8 Å². The van der Waals surface area contributed by atoms with Gasteiger partial charge in [0.2, 0.25) is 0 Å². The van der Waals surface area contributed by atoms with Gasteiger partial charge in [-0.15, -0.1) is 0 Å². The summed E-state index contributed by atoms with van der Waals surface area (Å²) in [7, 11) is -3.48. The summed E-state index contributed by atoms with van der Waals surface area (Å²) in [5.41, 5.74) is 0.316. The van der Waals surface area contributed by atoms with Crippen LogP contribution < -0.4 is 9.47 Å². The van der Waals surface area contributed by atoms with Crippen LogP contribution in [0.1, 0.15) is 31.9 Å². The van der Waals surface area contributed by atoms with E-state index in [2.05, 4.69) is 0 Å². The van der Waals surface area contributed by atoms with E-state index in [0.29, 0.717) is 30.3 Å². The van der Waals surface area contributed by atoms with Gasteiger partial charge in [-0.3, -0.25) is 0 Å². The highest BCUT2D eigenvalue weighted by atomic mass is 35.5. The SMILES string of the molecule is CC(C)(C(O)c1cc2c(cc1Cl)OCCCO2)S(C)(=O)=O. The smallest absolute Gasteiger partial charge is 0.162 e. The Morgan fingerprint density at radius 1 is 1.24 bits per heavy atom. The molecule has 7 heteroatoms. The van der Waals surface area contributed by atoms with E-state index in [1.165, 1.54) is 13.8 Å². The van der Waals surface area contributed by atoms with Crippen molar-refractivity contribution in [3.8, 4) is 11.5 Å². The lowest BCUT2D eigenvalue weighted by molar-refractivity contribution is 0.139. The molecule has 0 spiro atoms. The molecule has 0 aromatic heterocycles. The molecule has 1 N–H and O–H groups in total. The number of benzene rings is 1. The highest BCUT2D eigenvalue weighted by Gasteiger charge is 2.40. The molecule has 0 saturated carbocycles. The third-order valence-electron chi connectivity index (χ3n) is 3.78. The molecule has 21 heavy (non-hydrogen) atoms. The van der Waals surface area contributed by atoms with E-state index in [1.807, 2.05) is 0 Å². The second-order valence-electron chi connectivity index (χ2n) is 5.65. The lowest BCUT2D eigenvalue weighted by Gasteiger charge is -2.29. The number of ether oxygens (including phenoxy) is 2. The molecule has 1 aliphatic heterocycles. The van der Waals surface area contributed by atoms with E-state index in [1.54, 1.807) is 12.1 Å². The summed E-state index contributed by atoms with van der Waals surface area (Å²) >= 11 is 6.18. The van der Waals surface area contributed by atoms with Crippen molar-refractivity contribution in [2.75, 3.05) is 19.5 Å². The fourth-order valence-electron chi connectivity index (χ4n) is 1.99. The van der Waals surface area contributed by atoms with Crippen molar-refractivity contribution in [1.29, 1.82) is 0 Å². The Labute approximate surface area is 129 Å². The van der Waals surface area contributed by atoms with Crippen molar-refractivity contribution in [3.05, 3.63) is 22.7 Å². The summed E-state index contributed by atoms with van der Waals surface area (Å²) < 4.78 is 33.4. The van der Waals surface area contributed by atoms with Gasteiger partial charge in [0.05, 0.1) is 29.1 Å². The van der Waals surface area contributed by atoms with Gasteiger partial charge >= 0.3 is 0 Å². The van der Waals surface area contributed by atoms with E-state index in [0.717, 1.165) is 12.7 Å². The Bertz CT molecular complexity index is 639. The van der Waals surface area contributed by atoms with Gasteiger partial charge in [0.25, 0.3) is 0 Å². The second kappa shape index (κ2) is 5.66. The lowest BCUT2D eigenvalue weighted by Crippen LogP contribution is -2.38. The van der Waals surface area contributed by atoms with E-state index < -0.39 is 20.7 Å². The quantitative estimate of drug-likeness (QED) is 0.918. The molecule has 0 saturated heterocycles. The molecule has 1 unspecified atom stereocenters. The minimum Gasteiger partial charge on any atom is -0.490 e. The number of hydrogen-bond donors (Lipinski definition) is 1. The average molecular weight is 335 g/mol. The molecular formula is C14H19ClO5S. The predicted molar refractivity (Wildman–Crippen MR) is 80.9 cm³/mol. The van der Waals surface area contributed by atoms with Crippen LogP contribution in [-0.4, -0.2) is 37.7 Å². The molecule has 0 fully saturated rings. The molecule has 1 heterocycles. The first kappa shape index (κ1) is 16.4. The van der Waals surface area contributed by atoms with Crippen LogP contribution in [-0.2, 0) is 9.84 Å². The summed E-state index contributed by atoms with van der Waals surface area (Å²) in [5, 5.41) is 10.7. The molecule has 1 atom stereocenters. The fourth-order valence-corrected chi connectivity index (χ4v) is 2.78. The number of halogens is 1. The molecule has 1 aliphatic rings. The first-order valence-electron chi connectivity index (χ1n) is 6.61. The summed E-state index contributed by atoms with van der Waals surface area (Å²) in [6.07, 6.45) is 0.573. The Kier molecular flexibility index (Phi) is 4.42. The van der Waals surface area contributed by atoms with Crippen molar-refractivity contribution in [1.82, 2.24) is 0 Å². The van der Waals surface area contributed by atoms with Crippen LogP contribution in [0, 0.1) is 0 Å². The number of rotatable bonds is 3. The monoisotopic (exact) mass is 334 g/mol. The van der Waals surface area contributed by atoms with Gasteiger partial charge in [-0.2, -0.15) is 0 Å². The van der Waals surface area contributed by atoms with Gasteiger partial charge in [-0.1, -0.05) is 11.6 Å². The minimum absolute atomic E-state index is 0.253. The normalized spacial score (nSPS) is 17.2. The maximum atomic E-state index is 11.9. The van der Waals surface area contributed by atoms with E-state index >= 15 is 0 Å². The first-order chi connectivity index (χ1) is 9.64. The third-order valence-corrected chi connectivity index (χ3v) is 6.24. The number of sulfone groups is 1. The molecule has 1 aromatic rings. The second-order valence-corrected chi connectivity index (χ2v) is 8.65. The van der Waals surface area contributed by atoms with Crippen molar-refractivity contribution in [3.63, 3.8) is 0 Å². The predicted octanol–water partition coefficient (Wildman–Crippen LogP) is 2.36. The Hall–Kier alpha value is -0.980. The van der Waals surface area contributed by atoms with Crippen molar-refractivity contribution < 1.29 is 23.0 Å². The fraction of sp³-hybridized carbons (Fsp3) is 0.571. The first-order valence-corrected chi connectivity index (χ1v) is 8.88. The van der Waals surface area contributed by atoms with E-state index in [-0.39, 0.29) is 5.02 Å². The molecule has 0 radical (unpaired) electrons. The maximum absolute atomic E-state index is 11.9. The van der Waals surface area contributed by atoms with E-state index in [4.69, 9.17) is 21.1 Å². The summed E-state index contributed by atoms with van der Waals surface area (Å²) in [6, 6.07) is 3.11. The molecule has 5 nitrogen and oxygen atoms in total. The van der Waals surface area contributed by atoms with E-state index in [9.17, 15) is 13.5 Å². The summed E-state index contributed by atoms with van der Waals surface area (Å²) in [4.78, 5) is 0. The van der Waals surface area contributed by atoms with Crippen molar-refractivity contribution in [2.24, 2.45) is 0 Å². The average Bonchev–Trinajstić information content (AvgIpc) is 2.60. The largest absolute Gasteiger partial charge is 0.490 e. The summed E-state index contributed by atoms with van der Waals surface area (Å²) in [6.45, 7) is 3.96. The Balaban J connectivity index is 2.47. The lowest BCUT2D eigenvalue weighted by atomic mass is 9.97. The summed E-state index contributed by atoms with van der Waals surface area (Å²) in [5.74, 6) is 0.973. The Morgan fingerprint density at radius 3 is 2.29 bits per heavy atom. The van der Waals surface area contributed by atoms with Crippen molar-refractivity contribution >= 4 is 21.4 Å². The van der Waals surface area contributed by atoms with Gasteiger partial charge in [-0.05, 0) is 19.9 Å². The van der Waals surface area contributed by atoms with Crippen LogP contribution in [0.25, 0.3) is 0 Å². The number of aliphatic hydroxyl groups is 1. The van der Waals surface area contributed by atoms with Gasteiger partial charge in [0.15, 0.2) is 21.3 Å². The van der Waals surface area contributed by atoms with Gasteiger partial charge in [0.1, 0.15) is 0 Å². The van der Waals surface area contributed by atoms with Crippen LogP contribution in [0.3, 0.4) is 0 Å². The molecular weight excluding hydrogens is 316 g/mol. The molecule has 0 amide bonds. The Morgan fingerprint density at radius 2 is 1.76 bits per heavy atom.